The van der Waals surface area contributed by atoms with Gasteiger partial charge in [0.2, 0.25) is 0 Å². The van der Waals surface area contributed by atoms with Gasteiger partial charge in [-0.05, 0) is 24.5 Å². The van der Waals surface area contributed by atoms with Gasteiger partial charge in [0.15, 0.2) is 0 Å². The standard InChI is InChI=1S/C11H14O4/c12-4-3-8(7-13)5-9-1-2-10(14)6-11(9)15/h1-2,6-8,12,14-15H,3-5H2. The van der Waals surface area contributed by atoms with Crippen LogP contribution in [0.1, 0.15) is 12.0 Å². The highest BCUT2D eigenvalue weighted by Crippen LogP contribution is 2.25. The van der Waals surface area contributed by atoms with Gasteiger partial charge in [-0.15, -0.1) is 0 Å². The Bertz CT molecular complexity index is 335. The Balaban J connectivity index is 2.74. The molecule has 1 aromatic rings. The summed E-state index contributed by atoms with van der Waals surface area (Å²) in [5.74, 6) is -0.341. The minimum atomic E-state index is -0.301. The van der Waals surface area contributed by atoms with Crippen molar-refractivity contribution >= 4 is 6.29 Å². The molecule has 0 radical (unpaired) electrons. The van der Waals surface area contributed by atoms with Crippen molar-refractivity contribution in [1.29, 1.82) is 0 Å². The Kier molecular flexibility index (Phi) is 4.12. The molecule has 4 nitrogen and oxygen atoms in total. The van der Waals surface area contributed by atoms with Gasteiger partial charge in [-0.25, -0.2) is 0 Å². The third kappa shape index (κ3) is 3.25. The molecule has 0 aliphatic rings. The number of phenolic OH excluding ortho intramolecular Hbond substituents is 2. The van der Waals surface area contributed by atoms with Gasteiger partial charge in [0, 0.05) is 18.6 Å². The number of hydrogen-bond acceptors (Lipinski definition) is 4. The second-order valence-corrected chi connectivity index (χ2v) is 3.43. The third-order valence-corrected chi connectivity index (χ3v) is 2.24. The van der Waals surface area contributed by atoms with E-state index < -0.39 is 0 Å². The van der Waals surface area contributed by atoms with Gasteiger partial charge in [0.25, 0.3) is 0 Å². The fourth-order valence-corrected chi connectivity index (χ4v) is 1.39. The van der Waals surface area contributed by atoms with Gasteiger partial charge in [0.05, 0.1) is 0 Å². The highest BCUT2D eigenvalue weighted by atomic mass is 16.3. The van der Waals surface area contributed by atoms with E-state index in [4.69, 9.17) is 10.2 Å². The monoisotopic (exact) mass is 210 g/mol. The quantitative estimate of drug-likeness (QED) is 0.629. The van der Waals surface area contributed by atoms with Crippen LogP contribution in [-0.2, 0) is 11.2 Å². The van der Waals surface area contributed by atoms with E-state index in [2.05, 4.69) is 0 Å². The average Bonchev–Trinajstić information content (AvgIpc) is 2.21. The minimum Gasteiger partial charge on any atom is -0.508 e. The molecule has 0 fully saturated rings. The van der Waals surface area contributed by atoms with Crippen molar-refractivity contribution < 1.29 is 20.1 Å². The molecule has 0 bridgehead atoms. The van der Waals surface area contributed by atoms with Crippen molar-refractivity contribution in [2.45, 2.75) is 12.8 Å². The fourth-order valence-electron chi connectivity index (χ4n) is 1.39. The molecule has 0 saturated carbocycles. The smallest absolute Gasteiger partial charge is 0.123 e. The van der Waals surface area contributed by atoms with Crippen molar-refractivity contribution in [2.75, 3.05) is 6.61 Å². The Morgan fingerprint density at radius 2 is 2.07 bits per heavy atom. The molecule has 0 aromatic heterocycles. The zero-order valence-corrected chi connectivity index (χ0v) is 8.26. The summed E-state index contributed by atoms with van der Waals surface area (Å²) in [4.78, 5) is 10.6. The first-order valence-corrected chi connectivity index (χ1v) is 4.74. The molecular weight excluding hydrogens is 196 g/mol. The van der Waals surface area contributed by atoms with Crippen LogP contribution >= 0.6 is 0 Å². The molecule has 15 heavy (non-hydrogen) atoms. The number of aldehydes is 1. The lowest BCUT2D eigenvalue weighted by Gasteiger charge is -2.09. The first-order chi connectivity index (χ1) is 7.17. The van der Waals surface area contributed by atoms with E-state index in [9.17, 15) is 9.90 Å². The van der Waals surface area contributed by atoms with Gasteiger partial charge in [0.1, 0.15) is 17.8 Å². The van der Waals surface area contributed by atoms with Crippen LogP contribution < -0.4 is 0 Å². The number of rotatable bonds is 5. The van der Waals surface area contributed by atoms with Crippen LogP contribution in [0, 0.1) is 5.92 Å². The first kappa shape index (κ1) is 11.5. The highest BCUT2D eigenvalue weighted by molar-refractivity contribution is 5.55. The molecule has 82 valence electrons. The van der Waals surface area contributed by atoms with Crippen LogP contribution in [0.4, 0.5) is 0 Å². The molecule has 0 spiro atoms. The van der Waals surface area contributed by atoms with E-state index in [1.807, 2.05) is 0 Å². The summed E-state index contributed by atoms with van der Waals surface area (Å²) >= 11 is 0. The van der Waals surface area contributed by atoms with Crippen molar-refractivity contribution in [3.63, 3.8) is 0 Å². The molecule has 3 N–H and O–H groups in total. The molecule has 1 rings (SSSR count). The van der Waals surface area contributed by atoms with Crippen LogP contribution in [0.5, 0.6) is 11.5 Å². The van der Waals surface area contributed by atoms with Crippen LogP contribution in [0.3, 0.4) is 0 Å². The molecule has 1 aromatic carbocycles. The van der Waals surface area contributed by atoms with Crippen molar-refractivity contribution in [3.05, 3.63) is 23.8 Å². The number of aliphatic hydroxyl groups excluding tert-OH is 1. The molecule has 1 atom stereocenters. The van der Waals surface area contributed by atoms with E-state index >= 15 is 0 Å². The van der Waals surface area contributed by atoms with Gasteiger partial charge in [-0.2, -0.15) is 0 Å². The van der Waals surface area contributed by atoms with E-state index in [-0.39, 0.29) is 24.0 Å². The second kappa shape index (κ2) is 5.36. The lowest BCUT2D eigenvalue weighted by molar-refractivity contribution is -0.111. The SMILES string of the molecule is O=CC(CCO)Cc1ccc(O)cc1O. The molecule has 0 aliphatic heterocycles. The first-order valence-electron chi connectivity index (χ1n) is 4.74. The van der Waals surface area contributed by atoms with Crippen LogP contribution in [0.25, 0.3) is 0 Å². The van der Waals surface area contributed by atoms with Crippen molar-refractivity contribution in [2.24, 2.45) is 5.92 Å². The molecule has 0 heterocycles. The normalized spacial score (nSPS) is 12.3. The lowest BCUT2D eigenvalue weighted by atomic mass is 9.97. The van der Waals surface area contributed by atoms with Crippen molar-refractivity contribution in [1.82, 2.24) is 0 Å². The topological polar surface area (TPSA) is 77.8 Å². The van der Waals surface area contributed by atoms with Crippen LogP contribution in [-0.4, -0.2) is 28.2 Å². The molecule has 0 saturated heterocycles. The van der Waals surface area contributed by atoms with Crippen LogP contribution in [0.15, 0.2) is 18.2 Å². The number of carbonyl (C=O) groups excluding carboxylic acids is 1. The summed E-state index contributed by atoms with van der Waals surface area (Å²) in [5.41, 5.74) is 0.596. The number of phenols is 2. The summed E-state index contributed by atoms with van der Waals surface area (Å²) in [6, 6.07) is 4.25. The largest absolute Gasteiger partial charge is 0.508 e. The Hall–Kier alpha value is -1.55. The Morgan fingerprint density at radius 3 is 2.60 bits per heavy atom. The molecule has 4 heteroatoms. The maximum Gasteiger partial charge on any atom is 0.123 e. The average molecular weight is 210 g/mol. The number of aromatic hydroxyl groups is 2. The van der Waals surface area contributed by atoms with Gasteiger partial charge >= 0.3 is 0 Å². The van der Waals surface area contributed by atoms with Crippen LogP contribution in [0.2, 0.25) is 0 Å². The highest BCUT2D eigenvalue weighted by Gasteiger charge is 2.11. The molecule has 0 amide bonds. The maximum absolute atomic E-state index is 10.6. The fraction of sp³-hybridized carbons (Fsp3) is 0.364. The zero-order chi connectivity index (χ0) is 11.3. The number of hydrogen-bond donors (Lipinski definition) is 3. The Morgan fingerprint density at radius 1 is 1.33 bits per heavy atom. The maximum atomic E-state index is 10.6. The number of aliphatic hydroxyl groups is 1. The summed E-state index contributed by atoms with van der Waals surface area (Å²) in [6.45, 7) is -0.0533. The van der Waals surface area contributed by atoms with E-state index in [1.165, 1.54) is 12.1 Å². The van der Waals surface area contributed by atoms with E-state index in [0.717, 1.165) is 6.29 Å². The summed E-state index contributed by atoms with van der Waals surface area (Å²) < 4.78 is 0. The number of carbonyl (C=O) groups is 1. The van der Waals surface area contributed by atoms with Gasteiger partial charge in [-0.3, -0.25) is 0 Å². The van der Waals surface area contributed by atoms with Crippen molar-refractivity contribution in [3.8, 4) is 11.5 Å². The second-order valence-electron chi connectivity index (χ2n) is 3.43. The molecule has 1 unspecified atom stereocenters. The molecular formula is C11H14O4. The lowest BCUT2D eigenvalue weighted by Crippen LogP contribution is -2.08. The summed E-state index contributed by atoms with van der Waals surface area (Å²) in [5, 5.41) is 27.2. The number of benzene rings is 1. The summed E-state index contributed by atoms with van der Waals surface area (Å²) in [6.07, 6.45) is 1.52. The third-order valence-electron chi connectivity index (χ3n) is 2.24. The molecule has 0 aliphatic carbocycles. The zero-order valence-electron chi connectivity index (χ0n) is 8.26. The summed E-state index contributed by atoms with van der Waals surface area (Å²) in [7, 11) is 0. The minimum absolute atomic E-state index is 0.0129. The Labute approximate surface area is 87.8 Å². The van der Waals surface area contributed by atoms with E-state index in [1.54, 1.807) is 6.07 Å². The van der Waals surface area contributed by atoms with Gasteiger partial charge < -0.3 is 20.1 Å². The predicted molar refractivity (Wildman–Crippen MR) is 54.7 cm³/mol. The van der Waals surface area contributed by atoms with Gasteiger partial charge in [-0.1, -0.05) is 6.07 Å². The predicted octanol–water partition coefficient (Wildman–Crippen LogP) is 0.838. The van der Waals surface area contributed by atoms with E-state index in [0.29, 0.717) is 18.4 Å².